The van der Waals surface area contributed by atoms with Gasteiger partial charge in [-0.1, -0.05) is 28.1 Å². The highest BCUT2D eigenvalue weighted by atomic mass is 79.9. The highest BCUT2D eigenvalue weighted by molar-refractivity contribution is 9.10. The predicted octanol–water partition coefficient (Wildman–Crippen LogP) is 6.02. The summed E-state index contributed by atoms with van der Waals surface area (Å²) in [5.41, 5.74) is 0.260. The third kappa shape index (κ3) is 6.34. The Labute approximate surface area is 236 Å². The number of benzene rings is 3. The van der Waals surface area contributed by atoms with Gasteiger partial charge in [0, 0.05) is 16.7 Å². The van der Waals surface area contributed by atoms with E-state index in [0.29, 0.717) is 22.7 Å². The fourth-order valence-electron chi connectivity index (χ4n) is 4.17. The Morgan fingerprint density at radius 1 is 1.03 bits per heavy atom. The molecule has 12 heteroatoms. The highest BCUT2D eigenvalue weighted by Gasteiger charge is 2.44. The van der Waals surface area contributed by atoms with Gasteiger partial charge < -0.3 is 19.7 Å². The molecule has 1 unspecified atom stereocenters. The van der Waals surface area contributed by atoms with Gasteiger partial charge in [-0.15, -0.1) is 0 Å². The largest absolute Gasteiger partial charge is 0.493 e. The summed E-state index contributed by atoms with van der Waals surface area (Å²) in [5.74, 6) is -0.115. The molecule has 2 amide bonds. The number of carbonyl (C=O) groups excluding carboxylic acids is 2. The maximum absolute atomic E-state index is 13.6. The first-order chi connectivity index (χ1) is 18.5. The zero-order chi connectivity index (χ0) is 28.3. The predicted molar refractivity (Wildman–Crippen MR) is 148 cm³/mol. The first-order valence-corrected chi connectivity index (χ1v) is 12.8. The Balaban J connectivity index is 1.66. The van der Waals surface area contributed by atoms with Crippen LogP contribution in [-0.4, -0.2) is 42.1 Å². The number of ether oxygens (including phenoxy) is 2. The van der Waals surface area contributed by atoms with E-state index >= 15 is 0 Å². The number of alkyl halides is 3. The molecule has 4 rings (SSSR count). The van der Waals surface area contributed by atoms with Crippen LogP contribution in [0.2, 0.25) is 0 Å². The maximum atomic E-state index is 13.6. The van der Waals surface area contributed by atoms with Gasteiger partial charge in [-0.3, -0.25) is 14.5 Å². The van der Waals surface area contributed by atoms with Crippen molar-refractivity contribution >= 4 is 56.4 Å². The summed E-state index contributed by atoms with van der Waals surface area (Å²) in [6.45, 7) is 0.0939. The van der Waals surface area contributed by atoms with E-state index in [9.17, 15) is 22.8 Å². The lowest BCUT2D eigenvalue weighted by Gasteiger charge is -2.24. The van der Waals surface area contributed by atoms with Gasteiger partial charge in [-0.2, -0.15) is 13.2 Å². The third-order valence-corrected chi connectivity index (χ3v) is 7.00. The summed E-state index contributed by atoms with van der Waals surface area (Å²) in [7, 11) is 2.98. The van der Waals surface area contributed by atoms with Crippen LogP contribution in [0.3, 0.4) is 0 Å². The van der Waals surface area contributed by atoms with Crippen molar-refractivity contribution in [2.75, 3.05) is 24.4 Å². The molecule has 1 atom stereocenters. The zero-order valence-electron chi connectivity index (χ0n) is 20.8. The Hall–Kier alpha value is -3.64. The molecule has 0 aliphatic carbocycles. The van der Waals surface area contributed by atoms with Crippen molar-refractivity contribution in [2.24, 2.45) is 0 Å². The van der Waals surface area contributed by atoms with Crippen LogP contribution in [0.5, 0.6) is 11.5 Å². The minimum atomic E-state index is -4.61. The summed E-state index contributed by atoms with van der Waals surface area (Å²) >= 11 is 8.93. The minimum absolute atomic E-state index is 0.0180. The zero-order valence-corrected chi connectivity index (χ0v) is 23.2. The maximum Gasteiger partial charge on any atom is 0.416 e. The monoisotopic (exact) mass is 621 g/mol. The lowest BCUT2D eigenvalue weighted by molar-refractivity contribution is -0.137. The Kier molecular flexibility index (Phi) is 8.45. The molecule has 7 nitrogen and oxygen atoms in total. The molecule has 1 fully saturated rings. The molecule has 1 N–H and O–H groups in total. The molecule has 1 aliphatic rings. The quantitative estimate of drug-likeness (QED) is 0.310. The van der Waals surface area contributed by atoms with E-state index in [2.05, 4.69) is 21.2 Å². The van der Waals surface area contributed by atoms with Gasteiger partial charge in [0.05, 0.1) is 31.9 Å². The minimum Gasteiger partial charge on any atom is -0.493 e. The van der Waals surface area contributed by atoms with E-state index in [4.69, 9.17) is 21.7 Å². The van der Waals surface area contributed by atoms with E-state index in [-0.39, 0.29) is 23.8 Å². The smallest absolute Gasteiger partial charge is 0.416 e. The normalized spacial score (nSPS) is 15.5. The van der Waals surface area contributed by atoms with Gasteiger partial charge in [-0.25, -0.2) is 0 Å². The van der Waals surface area contributed by atoms with E-state index < -0.39 is 29.6 Å². The summed E-state index contributed by atoms with van der Waals surface area (Å²) in [4.78, 5) is 29.2. The Morgan fingerprint density at radius 2 is 1.72 bits per heavy atom. The number of halogens is 4. The topological polar surface area (TPSA) is 71.1 Å². The average molecular weight is 622 g/mol. The molecule has 39 heavy (non-hydrogen) atoms. The molecule has 0 bridgehead atoms. The van der Waals surface area contributed by atoms with Crippen LogP contribution in [0.15, 0.2) is 71.2 Å². The summed E-state index contributed by atoms with van der Waals surface area (Å²) in [6, 6.07) is 15.3. The number of thiocarbonyl (C=S) groups is 1. The number of carbonyl (C=O) groups is 2. The number of methoxy groups -OCH3 is 2. The summed E-state index contributed by atoms with van der Waals surface area (Å²) in [5, 5.41) is 2.73. The van der Waals surface area contributed by atoms with Crippen molar-refractivity contribution in [2.45, 2.75) is 25.2 Å². The molecule has 204 valence electrons. The van der Waals surface area contributed by atoms with E-state index in [0.717, 1.165) is 21.5 Å². The molecule has 0 spiro atoms. The number of rotatable bonds is 8. The molecule has 0 radical (unpaired) electrons. The van der Waals surface area contributed by atoms with Gasteiger partial charge >= 0.3 is 6.18 Å². The number of nitrogens with one attached hydrogen (secondary N) is 1. The number of hydrogen-bond donors (Lipinski definition) is 1. The molecule has 3 aromatic carbocycles. The number of nitrogens with zero attached hydrogens (tertiary/aromatic N) is 2. The first-order valence-electron chi connectivity index (χ1n) is 11.6. The van der Waals surface area contributed by atoms with Crippen molar-refractivity contribution in [3.05, 3.63) is 82.3 Å². The number of amides is 2. The van der Waals surface area contributed by atoms with Crippen LogP contribution in [0.4, 0.5) is 24.5 Å². The van der Waals surface area contributed by atoms with Crippen molar-refractivity contribution in [1.29, 1.82) is 0 Å². The standard InChI is InChI=1S/C27H23BrF3N3O4S/c1-37-22-11-6-16(12-23(22)38-2)15-33-21(14-24(35)32-19-9-7-18(28)8-10-19)25(36)34(26(33)39)20-5-3-4-17(13-20)27(29,30)31/h3-13,21H,14-15H2,1-2H3,(H,32,35). The second-order valence-corrected chi connectivity index (χ2v) is 9.88. The lowest BCUT2D eigenvalue weighted by atomic mass is 10.1. The molecule has 1 aliphatic heterocycles. The number of hydrogen-bond acceptors (Lipinski definition) is 5. The second-order valence-electron chi connectivity index (χ2n) is 8.60. The van der Waals surface area contributed by atoms with Gasteiger partial charge in [0.25, 0.3) is 5.91 Å². The lowest BCUT2D eigenvalue weighted by Crippen LogP contribution is -2.37. The van der Waals surface area contributed by atoms with Crippen molar-refractivity contribution < 1.29 is 32.2 Å². The van der Waals surface area contributed by atoms with E-state index in [1.165, 1.54) is 31.3 Å². The Morgan fingerprint density at radius 3 is 2.36 bits per heavy atom. The molecule has 0 aromatic heterocycles. The fourth-order valence-corrected chi connectivity index (χ4v) is 4.82. The van der Waals surface area contributed by atoms with Gasteiger partial charge in [0.15, 0.2) is 16.6 Å². The SMILES string of the molecule is COc1ccc(CN2C(=S)N(c3cccc(C(F)(F)F)c3)C(=O)C2CC(=O)Nc2ccc(Br)cc2)cc1OC. The van der Waals surface area contributed by atoms with Crippen molar-refractivity contribution in [3.8, 4) is 11.5 Å². The second kappa shape index (κ2) is 11.6. The molecular formula is C27H23BrF3N3O4S. The van der Waals surface area contributed by atoms with Crippen LogP contribution >= 0.6 is 28.1 Å². The average Bonchev–Trinajstić information content (AvgIpc) is 3.13. The van der Waals surface area contributed by atoms with Crippen LogP contribution in [0, 0.1) is 0 Å². The van der Waals surface area contributed by atoms with Crippen molar-refractivity contribution in [1.82, 2.24) is 4.90 Å². The van der Waals surface area contributed by atoms with E-state index in [1.807, 2.05) is 0 Å². The molecule has 0 saturated carbocycles. The van der Waals surface area contributed by atoms with E-state index in [1.54, 1.807) is 42.5 Å². The fraction of sp³-hybridized carbons (Fsp3) is 0.222. The van der Waals surface area contributed by atoms with Crippen LogP contribution < -0.4 is 19.7 Å². The number of anilines is 2. The molecule has 1 saturated heterocycles. The van der Waals surface area contributed by atoms with Gasteiger partial charge in [0.2, 0.25) is 5.91 Å². The third-order valence-electron chi connectivity index (χ3n) is 6.06. The molecule has 3 aromatic rings. The molecular weight excluding hydrogens is 599 g/mol. The molecule has 1 heterocycles. The first kappa shape index (κ1) is 28.4. The van der Waals surface area contributed by atoms with Gasteiger partial charge in [0.1, 0.15) is 6.04 Å². The van der Waals surface area contributed by atoms with Crippen molar-refractivity contribution in [3.63, 3.8) is 0 Å². The van der Waals surface area contributed by atoms with Gasteiger partial charge in [-0.05, 0) is 72.4 Å². The summed E-state index contributed by atoms with van der Waals surface area (Å²) in [6.07, 6.45) is -4.89. The van der Waals surface area contributed by atoms with Crippen LogP contribution in [-0.2, 0) is 22.3 Å². The summed E-state index contributed by atoms with van der Waals surface area (Å²) < 4.78 is 51.7. The highest BCUT2D eigenvalue weighted by Crippen LogP contribution is 2.35. The Bertz CT molecular complexity index is 1400. The van der Waals surface area contributed by atoms with Crippen LogP contribution in [0.25, 0.3) is 0 Å². The van der Waals surface area contributed by atoms with Crippen LogP contribution in [0.1, 0.15) is 17.5 Å².